The standard InChI is InChI=1S/C52H34OS/c1-33(32-47-34(2)49-43-28-29-44-38-20-14-15-25-48(38)54-52(44)45(43)30-31-46(49)53-47)35-16-6-3-4-7-19-37(27-26-35)51-41-23-12-10-21-39(41)50(36-17-8-5-9-18-36)40-22-11-13-24-42(40)51/h3-32H,1-2H2/b4-3?,6-3?,7-4?,16-6?,19-7?,27-26?,35-16?,35-26?,37-19?,37-27?,47-32+. The minimum atomic E-state index is 0.721. The molecule has 0 aliphatic heterocycles. The zero-order valence-electron chi connectivity index (χ0n) is 29.6. The first-order valence-corrected chi connectivity index (χ1v) is 19.0. The van der Waals surface area contributed by atoms with Crippen molar-refractivity contribution in [1.29, 1.82) is 0 Å². The molecule has 0 aliphatic rings. The Labute approximate surface area is 317 Å². The Bertz CT molecular complexity index is 3250. The van der Waals surface area contributed by atoms with Crippen molar-refractivity contribution < 1.29 is 4.42 Å². The van der Waals surface area contributed by atoms with Gasteiger partial charge in [0, 0.05) is 36.2 Å². The monoisotopic (exact) mass is 706 g/mol. The van der Waals surface area contributed by atoms with Gasteiger partial charge in [-0.3, -0.25) is 0 Å². The van der Waals surface area contributed by atoms with E-state index in [4.69, 9.17) is 4.42 Å². The minimum Gasteiger partial charge on any atom is -0.456 e. The molecule has 10 aromatic rings. The summed E-state index contributed by atoms with van der Waals surface area (Å²) in [5.74, 6) is 0. The van der Waals surface area contributed by atoms with Gasteiger partial charge >= 0.3 is 0 Å². The largest absolute Gasteiger partial charge is 0.456 e. The highest BCUT2D eigenvalue weighted by molar-refractivity contribution is 7.26. The summed E-state index contributed by atoms with van der Waals surface area (Å²) in [6, 6.07) is 62.6. The third kappa shape index (κ3) is 5.23. The van der Waals surface area contributed by atoms with Crippen LogP contribution in [0, 0.1) is 0 Å². The summed E-state index contributed by atoms with van der Waals surface area (Å²) >= 11 is 1.84. The van der Waals surface area contributed by atoms with Gasteiger partial charge in [0.25, 0.3) is 0 Å². The quantitative estimate of drug-likeness (QED) is 0.166. The molecule has 2 aromatic heterocycles. The maximum Gasteiger partial charge on any atom is 0.136 e. The molecule has 54 heavy (non-hydrogen) atoms. The molecule has 2 heterocycles. The first-order chi connectivity index (χ1) is 26.6. The predicted molar refractivity (Wildman–Crippen MR) is 235 cm³/mol. The van der Waals surface area contributed by atoms with Gasteiger partial charge in [-0.05, 0) is 84.6 Å². The summed E-state index contributed by atoms with van der Waals surface area (Å²) < 4.78 is 9.10. The van der Waals surface area contributed by atoms with Crippen molar-refractivity contribution in [2.75, 3.05) is 0 Å². The van der Waals surface area contributed by atoms with Gasteiger partial charge in [0.05, 0.1) is 0 Å². The fourth-order valence-corrected chi connectivity index (χ4v) is 9.33. The third-order valence-electron chi connectivity index (χ3n) is 10.6. The van der Waals surface area contributed by atoms with Crippen LogP contribution < -0.4 is 10.6 Å². The van der Waals surface area contributed by atoms with Crippen molar-refractivity contribution in [3.05, 3.63) is 199 Å². The van der Waals surface area contributed by atoms with Crippen LogP contribution in [0.15, 0.2) is 187 Å². The number of thiophene rings is 1. The Hall–Kier alpha value is -6.74. The lowest BCUT2D eigenvalue weighted by Gasteiger charge is -2.17. The van der Waals surface area contributed by atoms with Crippen LogP contribution in [-0.4, -0.2) is 0 Å². The van der Waals surface area contributed by atoms with Crippen LogP contribution in [0.4, 0.5) is 0 Å². The average Bonchev–Trinajstić information content (AvgIpc) is 3.76. The van der Waals surface area contributed by atoms with E-state index >= 15 is 0 Å². The van der Waals surface area contributed by atoms with Gasteiger partial charge < -0.3 is 4.42 Å². The molecule has 0 atom stereocenters. The summed E-state index contributed by atoms with van der Waals surface area (Å²) in [5.41, 5.74) is 8.17. The zero-order valence-corrected chi connectivity index (χ0v) is 30.4. The highest BCUT2D eigenvalue weighted by atomic mass is 32.1. The molecular formula is C52H34OS. The zero-order chi connectivity index (χ0) is 36.2. The fraction of sp³-hybridized carbons (Fsp3) is 0. The maximum atomic E-state index is 6.51. The average molecular weight is 707 g/mol. The second kappa shape index (κ2) is 13.0. The van der Waals surface area contributed by atoms with Crippen molar-refractivity contribution in [1.82, 2.24) is 0 Å². The maximum absolute atomic E-state index is 6.51. The van der Waals surface area contributed by atoms with Gasteiger partial charge in [-0.15, -0.1) is 11.3 Å². The number of hydrogen-bond acceptors (Lipinski definition) is 2. The lowest BCUT2D eigenvalue weighted by Crippen LogP contribution is -2.18. The van der Waals surface area contributed by atoms with Crippen LogP contribution >= 0.6 is 11.3 Å². The number of rotatable bonds is 4. The lowest BCUT2D eigenvalue weighted by molar-refractivity contribution is 0.576. The molecule has 0 spiro atoms. The Morgan fingerprint density at radius 3 is 1.63 bits per heavy atom. The molecule has 0 radical (unpaired) electrons. The molecule has 8 aromatic carbocycles. The van der Waals surface area contributed by atoms with Crippen LogP contribution in [0.2, 0.25) is 0 Å². The molecule has 10 rings (SSSR count). The number of furan rings is 1. The molecule has 0 fully saturated rings. The number of fused-ring (bicyclic) bond motifs is 9. The molecule has 2 heteroatoms. The summed E-state index contributed by atoms with van der Waals surface area (Å²) in [7, 11) is 0. The lowest BCUT2D eigenvalue weighted by atomic mass is 9.86. The van der Waals surface area contributed by atoms with E-state index < -0.39 is 0 Å². The first kappa shape index (κ1) is 32.0. The van der Waals surface area contributed by atoms with Gasteiger partial charge in [-0.1, -0.05) is 171 Å². The van der Waals surface area contributed by atoms with Crippen LogP contribution in [0.1, 0.15) is 5.56 Å². The van der Waals surface area contributed by atoms with Crippen LogP contribution in [0.25, 0.3) is 104 Å². The molecule has 0 amide bonds. The van der Waals surface area contributed by atoms with E-state index in [0.29, 0.717) is 0 Å². The summed E-state index contributed by atoms with van der Waals surface area (Å²) in [6.45, 7) is 9.10. The molecule has 0 N–H and O–H groups in total. The first-order valence-electron chi connectivity index (χ1n) is 18.2. The Morgan fingerprint density at radius 1 is 0.463 bits per heavy atom. The van der Waals surface area contributed by atoms with Gasteiger partial charge in [0.15, 0.2) is 0 Å². The summed E-state index contributed by atoms with van der Waals surface area (Å²) in [5, 5.41) is 11.8. The van der Waals surface area contributed by atoms with E-state index in [-0.39, 0.29) is 0 Å². The van der Waals surface area contributed by atoms with E-state index in [0.717, 1.165) is 43.7 Å². The second-order valence-corrected chi connectivity index (χ2v) is 14.8. The van der Waals surface area contributed by atoms with Crippen LogP contribution in [0.3, 0.4) is 0 Å². The molecule has 254 valence electrons. The van der Waals surface area contributed by atoms with Crippen molar-refractivity contribution >= 4 is 93.0 Å². The van der Waals surface area contributed by atoms with Gasteiger partial charge in [-0.25, -0.2) is 0 Å². The van der Waals surface area contributed by atoms with E-state index in [2.05, 4.69) is 189 Å². The van der Waals surface area contributed by atoms with E-state index in [1.807, 2.05) is 17.4 Å². The third-order valence-corrected chi connectivity index (χ3v) is 11.8. The molecule has 1 nitrogen and oxygen atoms in total. The van der Waals surface area contributed by atoms with E-state index in [1.165, 1.54) is 63.8 Å². The van der Waals surface area contributed by atoms with Gasteiger partial charge in [0.2, 0.25) is 0 Å². The smallest absolute Gasteiger partial charge is 0.136 e. The van der Waals surface area contributed by atoms with Crippen molar-refractivity contribution in [2.45, 2.75) is 0 Å². The van der Waals surface area contributed by atoms with Crippen molar-refractivity contribution in [2.24, 2.45) is 0 Å². The second-order valence-electron chi connectivity index (χ2n) is 13.7. The fourth-order valence-electron chi connectivity index (χ4n) is 8.10. The number of allylic oxidation sites excluding steroid dienone is 1. The Kier molecular flexibility index (Phi) is 7.71. The van der Waals surface area contributed by atoms with Gasteiger partial charge in [0.1, 0.15) is 11.0 Å². The Morgan fingerprint density at radius 2 is 0.963 bits per heavy atom. The van der Waals surface area contributed by atoms with Crippen LogP contribution in [-0.2, 0) is 0 Å². The van der Waals surface area contributed by atoms with Crippen molar-refractivity contribution in [3.63, 3.8) is 0 Å². The topological polar surface area (TPSA) is 13.1 Å². The molecular weight excluding hydrogens is 673 g/mol. The normalized spacial score (nSPS) is 12.0. The summed E-state index contributed by atoms with van der Waals surface area (Å²) in [6.07, 6.45) is 2.03. The SMILES string of the molecule is C=C(/C=c1/oc2ccc3c(ccc4c5ccccc5sc43)c2c1=C)c1ccccccc(-c2c3ccccc3c(-c3ccccc3)c3ccccc23)cc1. The highest BCUT2D eigenvalue weighted by Gasteiger charge is 2.16. The van der Waals surface area contributed by atoms with Crippen LogP contribution in [0.5, 0.6) is 0 Å². The molecule has 0 bridgehead atoms. The molecule has 0 unspecified atom stereocenters. The summed E-state index contributed by atoms with van der Waals surface area (Å²) in [4.78, 5) is 0. The Balaban J connectivity index is 1.13. The predicted octanol–water partition coefficient (Wildman–Crippen LogP) is 13.6. The van der Waals surface area contributed by atoms with Gasteiger partial charge in [-0.2, -0.15) is 0 Å². The molecule has 0 aliphatic carbocycles. The molecule has 0 saturated carbocycles. The molecule has 0 saturated heterocycles. The number of hydrogen-bond donors (Lipinski definition) is 0. The number of benzene rings is 7. The van der Waals surface area contributed by atoms with E-state index in [9.17, 15) is 0 Å². The highest BCUT2D eigenvalue weighted by Crippen LogP contribution is 2.43. The van der Waals surface area contributed by atoms with Crippen molar-refractivity contribution in [3.8, 4) is 22.3 Å². The van der Waals surface area contributed by atoms with E-state index in [1.54, 1.807) is 0 Å². The minimum absolute atomic E-state index is 0.721.